The highest BCUT2D eigenvalue weighted by atomic mass is 19.1. The highest BCUT2D eigenvalue weighted by Gasteiger charge is 1.95. The van der Waals surface area contributed by atoms with E-state index < -0.39 is 0 Å². The lowest BCUT2D eigenvalue weighted by Crippen LogP contribution is -1.99. The Morgan fingerprint density at radius 3 is 2.29 bits per heavy atom. The Labute approximate surface area is 104 Å². The predicted octanol–water partition coefficient (Wildman–Crippen LogP) is 3.36. The van der Waals surface area contributed by atoms with Gasteiger partial charge in [-0.1, -0.05) is 27.7 Å². The van der Waals surface area contributed by atoms with E-state index in [9.17, 15) is 4.39 Å². The molecule has 0 saturated heterocycles. The number of hydrogen-bond donors (Lipinski definition) is 1. The maximum absolute atomic E-state index is 11.7. The lowest BCUT2D eigenvalue weighted by Gasteiger charge is -2.03. The van der Waals surface area contributed by atoms with Crippen LogP contribution in [0.5, 0.6) is 5.88 Å². The molecule has 0 aromatic carbocycles. The van der Waals surface area contributed by atoms with Gasteiger partial charge in [0.25, 0.3) is 0 Å². The Balaban J connectivity index is 0. The first-order chi connectivity index (χ1) is 8.36. The van der Waals surface area contributed by atoms with Crippen molar-refractivity contribution < 1.29 is 14.2 Å². The largest absolute Gasteiger partial charge is 0.478 e. The summed E-state index contributed by atoms with van der Waals surface area (Å²) >= 11 is 0. The number of rotatable bonds is 5. The first-order valence-corrected chi connectivity index (χ1v) is 6.11. The van der Waals surface area contributed by atoms with Crippen LogP contribution in [0.4, 0.5) is 4.39 Å². The molecule has 4 heteroatoms. The van der Waals surface area contributed by atoms with Gasteiger partial charge >= 0.3 is 0 Å². The second-order valence-electron chi connectivity index (χ2n) is 2.55. The molecule has 0 unspecified atom stereocenters. The van der Waals surface area contributed by atoms with E-state index in [0.29, 0.717) is 18.9 Å². The summed E-state index contributed by atoms with van der Waals surface area (Å²) in [5.74, 6) is 0.464. The Morgan fingerprint density at radius 1 is 1.24 bits per heavy atom. The molecule has 0 atom stereocenters. The maximum atomic E-state index is 11.7. The fraction of sp³-hybridized carbons (Fsp3) is 0.615. The third-order valence-electron chi connectivity index (χ3n) is 1.51. The van der Waals surface area contributed by atoms with Gasteiger partial charge in [-0.15, -0.1) is 0 Å². The van der Waals surface area contributed by atoms with Crippen molar-refractivity contribution in [2.45, 2.75) is 40.7 Å². The Morgan fingerprint density at radius 2 is 1.88 bits per heavy atom. The number of aromatic nitrogens is 1. The first-order valence-electron chi connectivity index (χ1n) is 6.11. The summed E-state index contributed by atoms with van der Waals surface area (Å²) < 4.78 is 16.8. The van der Waals surface area contributed by atoms with Crippen LogP contribution in [0.1, 0.15) is 39.7 Å². The van der Waals surface area contributed by atoms with Crippen LogP contribution in [0.25, 0.3) is 0 Å². The minimum atomic E-state index is -0.380. The SMILES string of the molecule is CC.CC.OCc1ccc(OCCCF)nc1. The number of ether oxygens (including phenoxy) is 1. The molecule has 0 saturated carbocycles. The normalized spacial score (nSPS) is 8.35. The fourth-order valence-electron chi connectivity index (χ4n) is 0.821. The van der Waals surface area contributed by atoms with Crippen molar-refractivity contribution in [1.29, 1.82) is 0 Å². The molecule has 0 fully saturated rings. The third-order valence-corrected chi connectivity index (χ3v) is 1.51. The zero-order valence-corrected chi connectivity index (χ0v) is 11.2. The van der Waals surface area contributed by atoms with Crippen LogP contribution in [0.15, 0.2) is 18.3 Å². The lowest BCUT2D eigenvalue weighted by molar-refractivity contribution is 0.274. The van der Waals surface area contributed by atoms with E-state index in [1.165, 1.54) is 6.20 Å². The second kappa shape index (κ2) is 14.8. The summed E-state index contributed by atoms with van der Waals surface area (Å²) in [6.45, 7) is 7.93. The molecule has 1 heterocycles. The molecule has 0 spiro atoms. The highest BCUT2D eigenvalue weighted by molar-refractivity contribution is 5.16. The zero-order valence-electron chi connectivity index (χ0n) is 11.2. The van der Waals surface area contributed by atoms with Gasteiger partial charge in [-0.2, -0.15) is 0 Å². The topological polar surface area (TPSA) is 42.4 Å². The van der Waals surface area contributed by atoms with E-state index in [2.05, 4.69) is 4.98 Å². The highest BCUT2D eigenvalue weighted by Crippen LogP contribution is 2.07. The number of pyridine rings is 1. The number of hydrogen-bond acceptors (Lipinski definition) is 3. The molecule has 3 nitrogen and oxygen atoms in total. The van der Waals surface area contributed by atoms with Gasteiger partial charge in [-0.25, -0.2) is 4.98 Å². The van der Waals surface area contributed by atoms with E-state index >= 15 is 0 Å². The minimum Gasteiger partial charge on any atom is -0.478 e. The number of nitrogens with zero attached hydrogens (tertiary/aromatic N) is 1. The van der Waals surface area contributed by atoms with Crippen molar-refractivity contribution in [2.75, 3.05) is 13.3 Å². The number of aliphatic hydroxyl groups excluding tert-OH is 1. The van der Waals surface area contributed by atoms with Crippen LogP contribution in [0.2, 0.25) is 0 Å². The summed E-state index contributed by atoms with van der Waals surface area (Å²) in [7, 11) is 0. The van der Waals surface area contributed by atoms with Crippen LogP contribution in [-0.4, -0.2) is 23.4 Å². The standard InChI is InChI=1S/C9H12FNO2.2C2H6/c10-4-1-5-13-9-3-2-8(7-12)6-11-9;2*1-2/h2-3,6,12H,1,4-5,7H2;2*1-2H3. The molecule has 1 aromatic heterocycles. The molecular weight excluding hydrogens is 221 g/mol. The van der Waals surface area contributed by atoms with Gasteiger partial charge in [0.2, 0.25) is 5.88 Å². The molecule has 17 heavy (non-hydrogen) atoms. The van der Waals surface area contributed by atoms with Crippen LogP contribution in [-0.2, 0) is 6.61 Å². The molecule has 0 amide bonds. The second-order valence-corrected chi connectivity index (χ2v) is 2.55. The first kappa shape index (κ1) is 18.2. The summed E-state index contributed by atoms with van der Waals surface area (Å²) in [5.41, 5.74) is 0.734. The molecule has 0 aliphatic heterocycles. The molecule has 0 radical (unpaired) electrons. The Hall–Kier alpha value is -1.16. The molecule has 1 aromatic rings. The minimum absolute atomic E-state index is 0.0300. The zero-order chi connectivity index (χ0) is 13.5. The number of alkyl halides is 1. The van der Waals surface area contributed by atoms with Crippen LogP contribution in [0, 0.1) is 0 Å². The monoisotopic (exact) mass is 245 g/mol. The molecule has 1 rings (SSSR count). The third kappa shape index (κ3) is 9.75. The van der Waals surface area contributed by atoms with E-state index in [0.717, 1.165) is 5.56 Å². The maximum Gasteiger partial charge on any atom is 0.213 e. The van der Waals surface area contributed by atoms with Gasteiger partial charge in [0.1, 0.15) is 0 Å². The van der Waals surface area contributed by atoms with E-state index in [1.807, 2.05) is 27.7 Å². The van der Waals surface area contributed by atoms with Crippen molar-refractivity contribution in [3.63, 3.8) is 0 Å². The molecular formula is C13H24FNO2. The van der Waals surface area contributed by atoms with Gasteiger partial charge in [0, 0.05) is 18.7 Å². The summed E-state index contributed by atoms with van der Waals surface area (Å²) in [4.78, 5) is 3.92. The molecule has 0 bridgehead atoms. The summed E-state index contributed by atoms with van der Waals surface area (Å²) in [6, 6.07) is 3.38. The predicted molar refractivity (Wildman–Crippen MR) is 68.9 cm³/mol. The van der Waals surface area contributed by atoms with Crippen molar-refractivity contribution in [3.05, 3.63) is 23.9 Å². The average molecular weight is 245 g/mol. The average Bonchev–Trinajstić information content (AvgIpc) is 2.44. The summed E-state index contributed by atoms with van der Waals surface area (Å²) in [5, 5.41) is 8.71. The van der Waals surface area contributed by atoms with Crippen molar-refractivity contribution in [1.82, 2.24) is 4.98 Å². The van der Waals surface area contributed by atoms with E-state index in [1.54, 1.807) is 12.1 Å². The smallest absolute Gasteiger partial charge is 0.213 e. The van der Waals surface area contributed by atoms with Gasteiger partial charge in [0.15, 0.2) is 0 Å². The summed E-state index contributed by atoms with van der Waals surface area (Å²) in [6.07, 6.45) is 1.91. The van der Waals surface area contributed by atoms with Gasteiger partial charge < -0.3 is 9.84 Å². The van der Waals surface area contributed by atoms with Crippen molar-refractivity contribution in [3.8, 4) is 5.88 Å². The van der Waals surface area contributed by atoms with Crippen LogP contribution >= 0.6 is 0 Å². The molecule has 0 aliphatic rings. The Bertz CT molecular complexity index is 240. The van der Waals surface area contributed by atoms with Crippen LogP contribution in [0.3, 0.4) is 0 Å². The van der Waals surface area contributed by atoms with Crippen molar-refractivity contribution >= 4 is 0 Å². The van der Waals surface area contributed by atoms with Crippen LogP contribution < -0.4 is 4.74 Å². The lowest BCUT2D eigenvalue weighted by atomic mass is 10.3. The number of halogens is 1. The Kier molecular flexibility index (Phi) is 15.9. The molecule has 100 valence electrons. The molecule has 1 N–H and O–H groups in total. The van der Waals surface area contributed by atoms with Crippen molar-refractivity contribution in [2.24, 2.45) is 0 Å². The van der Waals surface area contributed by atoms with E-state index in [4.69, 9.17) is 9.84 Å². The quantitative estimate of drug-likeness (QED) is 0.809. The fourth-order valence-corrected chi connectivity index (χ4v) is 0.821. The van der Waals surface area contributed by atoms with Gasteiger partial charge in [-0.05, 0) is 11.6 Å². The molecule has 0 aliphatic carbocycles. The van der Waals surface area contributed by atoms with E-state index in [-0.39, 0.29) is 13.3 Å². The van der Waals surface area contributed by atoms with Gasteiger partial charge in [-0.3, -0.25) is 4.39 Å². The number of aliphatic hydroxyl groups is 1. The van der Waals surface area contributed by atoms with Gasteiger partial charge in [0.05, 0.1) is 19.9 Å².